The fraction of sp³-hybridized carbons (Fsp3) is 1.00. The van der Waals surface area contributed by atoms with E-state index in [0.29, 0.717) is 12.0 Å². The molecule has 0 heterocycles. The minimum Gasteiger partial charge on any atom is -0.389 e. The van der Waals surface area contributed by atoms with Gasteiger partial charge in [-0.05, 0) is 46.2 Å². The van der Waals surface area contributed by atoms with Crippen LogP contribution in [0.1, 0.15) is 33.1 Å². The van der Waals surface area contributed by atoms with Gasteiger partial charge >= 0.3 is 0 Å². The molecule has 1 rings (SSSR count). The summed E-state index contributed by atoms with van der Waals surface area (Å²) in [6.07, 6.45) is 3.76. The minimum atomic E-state index is -0.601. The van der Waals surface area contributed by atoms with Gasteiger partial charge < -0.3 is 15.7 Å². The van der Waals surface area contributed by atoms with Crippen molar-refractivity contribution in [3.63, 3.8) is 0 Å². The van der Waals surface area contributed by atoms with E-state index in [1.807, 2.05) is 13.8 Å². The molecule has 1 aliphatic carbocycles. The summed E-state index contributed by atoms with van der Waals surface area (Å²) in [5.74, 6) is 0.627. The topological polar surface area (TPSA) is 49.5 Å². The maximum Gasteiger partial charge on any atom is 0.0718 e. The van der Waals surface area contributed by atoms with Crippen LogP contribution in [0.4, 0.5) is 0 Å². The van der Waals surface area contributed by atoms with E-state index in [1.165, 1.54) is 19.3 Å². The van der Waals surface area contributed by atoms with Gasteiger partial charge in [-0.3, -0.25) is 0 Å². The Hall–Kier alpha value is -0.120. The molecule has 3 nitrogen and oxygen atoms in total. The Bertz CT molecular complexity index is 177. The Morgan fingerprint density at radius 3 is 2.57 bits per heavy atom. The van der Waals surface area contributed by atoms with E-state index in [1.54, 1.807) is 0 Å². The molecule has 0 saturated heterocycles. The van der Waals surface area contributed by atoms with Crippen LogP contribution in [0.5, 0.6) is 0 Å². The summed E-state index contributed by atoms with van der Waals surface area (Å²) in [5.41, 5.74) is 5.14. The molecule has 0 aromatic carbocycles. The molecule has 2 atom stereocenters. The zero-order valence-corrected chi connectivity index (χ0v) is 9.66. The van der Waals surface area contributed by atoms with Crippen LogP contribution in [0.3, 0.4) is 0 Å². The van der Waals surface area contributed by atoms with Crippen LogP contribution >= 0.6 is 0 Å². The van der Waals surface area contributed by atoms with Gasteiger partial charge in [0, 0.05) is 12.6 Å². The molecule has 0 bridgehead atoms. The Kier molecular flexibility index (Phi) is 3.93. The Balaban J connectivity index is 2.47. The van der Waals surface area contributed by atoms with Crippen LogP contribution in [0.15, 0.2) is 0 Å². The summed E-state index contributed by atoms with van der Waals surface area (Å²) in [4.78, 5) is 2.27. The molecule has 3 N–H and O–H groups in total. The molecule has 14 heavy (non-hydrogen) atoms. The zero-order chi connectivity index (χ0) is 10.8. The largest absolute Gasteiger partial charge is 0.389 e. The quantitative estimate of drug-likeness (QED) is 0.706. The van der Waals surface area contributed by atoms with Crippen molar-refractivity contribution in [3.05, 3.63) is 0 Å². The van der Waals surface area contributed by atoms with Gasteiger partial charge in [-0.1, -0.05) is 6.42 Å². The number of hydrogen-bond acceptors (Lipinski definition) is 3. The number of nitrogens with zero attached hydrogens (tertiary/aromatic N) is 1. The highest BCUT2D eigenvalue weighted by Crippen LogP contribution is 2.29. The lowest BCUT2D eigenvalue weighted by Crippen LogP contribution is -2.44. The smallest absolute Gasteiger partial charge is 0.0718 e. The fourth-order valence-corrected chi connectivity index (χ4v) is 2.60. The van der Waals surface area contributed by atoms with Crippen molar-refractivity contribution in [2.45, 2.75) is 44.8 Å². The van der Waals surface area contributed by atoms with Gasteiger partial charge in [-0.2, -0.15) is 0 Å². The van der Waals surface area contributed by atoms with Crippen molar-refractivity contribution in [2.24, 2.45) is 11.7 Å². The highest BCUT2D eigenvalue weighted by Gasteiger charge is 2.31. The monoisotopic (exact) mass is 200 g/mol. The molecule has 1 aliphatic rings. The number of aliphatic hydroxyl groups is 1. The maximum atomic E-state index is 9.73. The van der Waals surface area contributed by atoms with Crippen LogP contribution in [0.2, 0.25) is 0 Å². The summed E-state index contributed by atoms with van der Waals surface area (Å²) < 4.78 is 0. The molecule has 2 unspecified atom stereocenters. The lowest BCUT2D eigenvalue weighted by Gasteiger charge is -2.33. The van der Waals surface area contributed by atoms with Gasteiger partial charge in [0.1, 0.15) is 0 Å². The highest BCUT2D eigenvalue weighted by atomic mass is 16.3. The van der Waals surface area contributed by atoms with E-state index in [2.05, 4.69) is 11.9 Å². The summed E-state index contributed by atoms with van der Waals surface area (Å²) in [7, 11) is 2.09. The first kappa shape index (κ1) is 12.0. The average molecular weight is 200 g/mol. The van der Waals surface area contributed by atoms with E-state index < -0.39 is 5.60 Å². The van der Waals surface area contributed by atoms with E-state index in [4.69, 9.17) is 5.73 Å². The van der Waals surface area contributed by atoms with Gasteiger partial charge in [-0.15, -0.1) is 0 Å². The number of rotatable bonds is 4. The van der Waals surface area contributed by atoms with Crippen molar-refractivity contribution in [1.82, 2.24) is 4.90 Å². The molecular formula is C11H24N2O. The first-order valence-electron chi connectivity index (χ1n) is 5.57. The molecule has 84 valence electrons. The molecule has 1 fully saturated rings. The third kappa shape index (κ3) is 3.23. The van der Waals surface area contributed by atoms with Crippen molar-refractivity contribution in [3.8, 4) is 0 Å². The van der Waals surface area contributed by atoms with Crippen molar-refractivity contribution >= 4 is 0 Å². The van der Waals surface area contributed by atoms with E-state index >= 15 is 0 Å². The third-order valence-corrected chi connectivity index (χ3v) is 3.12. The van der Waals surface area contributed by atoms with Crippen LogP contribution in [-0.2, 0) is 0 Å². The second-order valence-electron chi connectivity index (χ2n) is 5.22. The van der Waals surface area contributed by atoms with Crippen LogP contribution in [-0.4, -0.2) is 41.8 Å². The number of hydrogen-bond donors (Lipinski definition) is 2. The molecule has 0 aliphatic heterocycles. The predicted molar refractivity (Wildman–Crippen MR) is 59.1 cm³/mol. The second kappa shape index (κ2) is 4.60. The molecule has 0 spiro atoms. The van der Waals surface area contributed by atoms with Gasteiger partial charge in [0.15, 0.2) is 0 Å². The summed E-state index contributed by atoms with van der Waals surface area (Å²) in [6, 6.07) is 0.575. The van der Waals surface area contributed by atoms with Crippen LogP contribution in [0.25, 0.3) is 0 Å². The normalized spacial score (nSPS) is 28.7. The number of likely N-dealkylation sites (N-methyl/N-ethyl adjacent to an activating group) is 1. The molecule has 0 radical (unpaired) electrons. The third-order valence-electron chi connectivity index (χ3n) is 3.12. The Morgan fingerprint density at radius 1 is 1.43 bits per heavy atom. The first-order valence-corrected chi connectivity index (χ1v) is 5.57. The van der Waals surface area contributed by atoms with Crippen LogP contribution in [0, 0.1) is 5.92 Å². The second-order valence-corrected chi connectivity index (χ2v) is 5.22. The van der Waals surface area contributed by atoms with Crippen molar-refractivity contribution < 1.29 is 5.11 Å². The van der Waals surface area contributed by atoms with E-state index in [9.17, 15) is 5.11 Å². The SMILES string of the molecule is CN(CC(C)(C)O)C1CCCC1CN. The standard InChI is InChI=1S/C11H24N2O/c1-11(2,14)8-13(3)10-6-4-5-9(10)7-12/h9-10,14H,4-8,12H2,1-3H3. The van der Waals surface area contributed by atoms with E-state index in [0.717, 1.165) is 13.1 Å². The van der Waals surface area contributed by atoms with E-state index in [-0.39, 0.29) is 0 Å². The van der Waals surface area contributed by atoms with Crippen molar-refractivity contribution in [2.75, 3.05) is 20.1 Å². The number of nitrogens with two attached hydrogens (primary N) is 1. The highest BCUT2D eigenvalue weighted by molar-refractivity contribution is 4.86. The predicted octanol–water partition coefficient (Wildman–Crippen LogP) is 0.816. The van der Waals surface area contributed by atoms with Crippen LogP contribution < -0.4 is 5.73 Å². The molecule has 3 heteroatoms. The lowest BCUT2D eigenvalue weighted by atomic mass is 10.0. The average Bonchev–Trinajstić information content (AvgIpc) is 2.47. The summed E-state index contributed by atoms with van der Waals surface area (Å²) in [5, 5.41) is 9.73. The van der Waals surface area contributed by atoms with Gasteiger partial charge in [0.25, 0.3) is 0 Å². The Labute approximate surface area is 87.3 Å². The minimum absolute atomic E-state index is 0.575. The van der Waals surface area contributed by atoms with Gasteiger partial charge in [0.2, 0.25) is 0 Å². The van der Waals surface area contributed by atoms with Gasteiger partial charge in [0.05, 0.1) is 5.60 Å². The van der Waals surface area contributed by atoms with Gasteiger partial charge in [-0.25, -0.2) is 0 Å². The maximum absolute atomic E-state index is 9.73. The molecular weight excluding hydrogens is 176 g/mol. The summed E-state index contributed by atoms with van der Waals surface area (Å²) in [6.45, 7) is 5.22. The van der Waals surface area contributed by atoms with Crippen molar-refractivity contribution in [1.29, 1.82) is 0 Å². The lowest BCUT2D eigenvalue weighted by molar-refractivity contribution is 0.0258. The summed E-state index contributed by atoms with van der Waals surface area (Å²) >= 11 is 0. The fourth-order valence-electron chi connectivity index (χ4n) is 2.60. The molecule has 0 aromatic heterocycles. The first-order chi connectivity index (χ1) is 6.44. The molecule has 0 amide bonds. The molecule has 1 saturated carbocycles. The Morgan fingerprint density at radius 2 is 2.07 bits per heavy atom. The zero-order valence-electron chi connectivity index (χ0n) is 9.66. The molecule has 0 aromatic rings.